The van der Waals surface area contributed by atoms with Gasteiger partial charge >= 0.3 is 0 Å². The Morgan fingerprint density at radius 2 is 2.00 bits per heavy atom. The van der Waals surface area contributed by atoms with Crippen LogP contribution in [-0.2, 0) is 14.8 Å². The maximum absolute atomic E-state index is 11.9. The molecular formula is C12H21N3O4S. The van der Waals surface area contributed by atoms with Crippen molar-refractivity contribution in [3.63, 3.8) is 0 Å². The normalized spacial score (nSPS) is 11.8. The molecule has 0 saturated carbocycles. The summed E-state index contributed by atoms with van der Waals surface area (Å²) < 4.78 is 30.0. The van der Waals surface area contributed by atoms with Crippen molar-refractivity contribution < 1.29 is 18.3 Å². The van der Waals surface area contributed by atoms with Crippen LogP contribution in [0.4, 0.5) is 5.82 Å². The number of hydrogen-bond donors (Lipinski definition) is 1. The summed E-state index contributed by atoms with van der Waals surface area (Å²) in [6.07, 6.45) is 1.32. The molecule has 1 aromatic rings. The van der Waals surface area contributed by atoms with Crippen molar-refractivity contribution in [2.45, 2.75) is 4.90 Å². The molecule has 0 spiro atoms. The largest absolute Gasteiger partial charge is 0.395 e. The molecule has 0 unspecified atom stereocenters. The Hall–Kier alpha value is -1.22. The van der Waals surface area contributed by atoms with Crippen molar-refractivity contribution >= 4 is 15.8 Å². The average Bonchev–Trinajstić information content (AvgIpc) is 2.43. The smallest absolute Gasteiger partial charge is 0.244 e. The van der Waals surface area contributed by atoms with Gasteiger partial charge in [0.2, 0.25) is 10.0 Å². The molecule has 20 heavy (non-hydrogen) atoms. The van der Waals surface area contributed by atoms with Crippen LogP contribution in [0.2, 0.25) is 0 Å². The lowest BCUT2D eigenvalue weighted by Crippen LogP contribution is -2.31. The van der Waals surface area contributed by atoms with Crippen molar-refractivity contribution in [1.29, 1.82) is 0 Å². The van der Waals surface area contributed by atoms with Gasteiger partial charge < -0.3 is 14.7 Å². The molecule has 0 aromatic carbocycles. The highest BCUT2D eigenvalue weighted by molar-refractivity contribution is 7.89. The van der Waals surface area contributed by atoms with Gasteiger partial charge in [-0.1, -0.05) is 0 Å². The molecule has 0 amide bonds. The zero-order valence-electron chi connectivity index (χ0n) is 12.0. The maximum Gasteiger partial charge on any atom is 0.244 e. The molecular weight excluding hydrogens is 282 g/mol. The number of pyridine rings is 1. The fraction of sp³-hybridized carbons (Fsp3) is 0.583. The summed E-state index contributed by atoms with van der Waals surface area (Å²) in [6.45, 7) is 1.47. The Morgan fingerprint density at radius 1 is 1.30 bits per heavy atom. The van der Waals surface area contributed by atoms with Gasteiger partial charge in [0.15, 0.2) is 0 Å². The minimum absolute atomic E-state index is 0.0108. The van der Waals surface area contributed by atoms with E-state index in [1.54, 1.807) is 13.2 Å². The average molecular weight is 303 g/mol. The zero-order valence-corrected chi connectivity index (χ0v) is 12.8. The topological polar surface area (TPSA) is 83.0 Å². The molecule has 0 saturated heterocycles. The van der Waals surface area contributed by atoms with Crippen LogP contribution in [-0.4, -0.2) is 70.3 Å². The van der Waals surface area contributed by atoms with E-state index < -0.39 is 10.0 Å². The van der Waals surface area contributed by atoms with Gasteiger partial charge in [0.05, 0.1) is 13.2 Å². The number of methoxy groups -OCH3 is 1. The first-order valence-electron chi connectivity index (χ1n) is 6.16. The second kappa shape index (κ2) is 7.53. The fourth-order valence-corrected chi connectivity index (χ4v) is 2.43. The van der Waals surface area contributed by atoms with Crippen LogP contribution in [0.1, 0.15) is 0 Å². The van der Waals surface area contributed by atoms with Crippen molar-refractivity contribution in [2.75, 3.05) is 52.4 Å². The van der Waals surface area contributed by atoms with Crippen LogP contribution >= 0.6 is 0 Å². The van der Waals surface area contributed by atoms with E-state index in [4.69, 9.17) is 9.84 Å². The number of aliphatic hydroxyl groups is 1. The minimum Gasteiger partial charge on any atom is -0.395 e. The molecule has 1 aromatic heterocycles. The number of aliphatic hydroxyl groups excluding tert-OH is 1. The lowest BCUT2D eigenvalue weighted by molar-refractivity contribution is 0.202. The first kappa shape index (κ1) is 16.8. The van der Waals surface area contributed by atoms with Gasteiger partial charge in [0, 0.05) is 40.5 Å². The van der Waals surface area contributed by atoms with Gasteiger partial charge in [0.1, 0.15) is 10.7 Å². The Bertz CT molecular complexity index is 502. The maximum atomic E-state index is 11.9. The minimum atomic E-state index is -3.47. The third-order valence-electron chi connectivity index (χ3n) is 2.76. The second-order valence-electron chi connectivity index (χ2n) is 4.34. The van der Waals surface area contributed by atoms with E-state index in [-0.39, 0.29) is 11.5 Å². The van der Waals surface area contributed by atoms with E-state index in [1.807, 2.05) is 4.90 Å². The monoisotopic (exact) mass is 303 g/mol. The molecule has 0 atom stereocenters. The molecule has 7 nitrogen and oxygen atoms in total. The lowest BCUT2D eigenvalue weighted by Gasteiger charge is -2.22. The fourth-order valence-electron chi connectivity index (χ4n) is 1.59. The van der Waals surface area contributed by atoms with Crippen LogP contribution in [0.3, 0.4) is 0 Å². The molecule has 0 radical (unpaired) electrons. The summed E-state index contributed by atoms with van der Waals surface area (Å²) in [7, 11) is 1.07. The first-order valence-corrected chi connectivity index (χ1v) is 7.60. The number of anilines is 1. The van der Waals surface area contributed by atoms with Crippen LogP contribution < -0.4 is 4.90 Å². The number of hydrogen-bond acceptors (Lipinski definition) is 6. The molecule has 0 aliphatic heterocycles. The molecule has 0 fully saturated rings. The van der Waals surface area contributed by atoms with E-state index in [1.165, 1.54) is 26.4 Å². The van der Waals surface area contributed by atoms with Gasteiger partial charge in [-0.15, -0.1) is 0 Å². The van der Waals surface area contributed by atoms with Crippen molar-refractivity contribution in [1.82, 2.24) is 9.29 Å². The summed E-state index contributed by atoms with van der Waals surface area (Å²) >= 11 is 0. The van der Waals surface area contributed by atoms with Gasteiger partial charge in [-0.3, -0.25) is 0 Å². The predicted molar refractivity (Wildman–Crippen MR) is 76.3 cm³/mol. The SMILES string of the molecule is COCCN(CCO)c1ccc(S(=O)(=O)N(C)C)cn1. The molecule has 1 N–H and O–H groups in total. The van der Waals surface area contributed by atoms with Crippen molar-refractivity contribution in [3.8, 4) is 0 Å². The second-order valence-corrected chi connectivity index (χ2v) is 6.49. The summed E-state index contributed by atoms with van der Waals surface area (Å²) in [4.78, 5) is 6.12. The third kappa shape index (κ3) is 4.14. The van der Waals surface area contributed by atoms with Gasteiger partial charge in [-0.25, -0.2) is 17.7 Å². The number of ether oxygens (including phenoxy) is 1. The van der Waals surface area contributed by atoms with Crippen LogP contribution in [0.5, 0.6) is 0 Å². The highest BCUT2D eigenvalue weighted by atomic mass is 32.2. The van der Waals surface area contributed by atoms with Crippen molar-refractivity contribution in [2.24, 2.45) is 0 Å². The van der Waals surface area contributed by atoms with E-state index in [0.29, 0.717) is 25.5 Å². The molecule has 0 bridgehead atoms. The van der Waals surface area contributed by atoms with Crippen LogP contribution in [0.15, 0.2) is 23.2 Å². The number of nitrogens with zero attached hydrogens (tertiary/aromatic N) is 3. The number of sulfonamides is 1. The molecule has 1 heterocycles. The van der Waals surface area contributed by atoms with E-state index in [0.717, 1.165) is 4.31 Å². The van der Waals surface area contributed by atoms with E-state index in [2.05, 4.69) is 4.98 Å². The summed E-state index contributed by atoms with van der Waals surface area (Å²) in [6, 6.07) is 3.14. The van der Waals surface area contributed by atoms with Gasteiger partial charge in [-0.2, -0.15) is 0 Å². The van der Waals surface area contributed by atoms with Gasteiger partial charge in [0.25, 0.3) is 0 Å². The number of aromatic nitrogens is 1. The standard InChI is InChI=1S/C12H21N3O4S/c1-14(2)20(17,18)11-4-5-12(13-10-11)15(6-8-16)7-9-19-3/h4-5,10,16H,6-9H2,1-3H3. The Kier molecular flexibility index (Phi) is 6.34. The molecule has 1 rings (SSSR count). The Balaban J connectivity index is 2.93. The molecule has 0 aliphatic carbocycles. The van der Waals surface area contributed by atoms with Crippen LogP contribution in [0.25, 0.3) is 0 Å². The van der Waals surface area contributed by atoms with Gasteiger partial charge in [-0.05, 0) is 12.1 Å². The highest BCUT2D eigenvalue weighted by Crippen LogP contribution is 2.16. The Labute approximate surface area is 119 Å². The lowest BCUT2D eigenvalue weighted by atomic mass is 10.4. The van der Waals surface area contributed by atoms with Crippen LogP contribution in [0, 0.1) is 0 Å². The summed E-state index contributed by atoms with van der Waals surface area (Å²) in [5, 5.41) is 9.04. The Morgan fingerprint density at radius 3 is 2.45 bits per heavy atom. The summed E-state index contributed by atoms with van der Waals surface area (Å²) in [5.74, 6) is 0.605. The number of rotatable bonds is 8. The zero-order chi connectivity index (χ0) is 15.2. The van der Waals surface area contributed by atoms with E-state index >= 15 is 0 Å². The quantitative estimate of drug-likeness (QED) is 0.715. The van der Waals surface area contributed by atoms with E-state index in [9.17, 15) is 8.42 Å². The first-order chi connectivity index (χ1) is 9.43. The third-order valence-corrected chi connectivity index (χ3v) is 4.56. The molecule has 8 heteroatoms. The highest BCUT2D eigenvalue weighted by Gasteiger charge is 2.18. The predicted octanol–water partition coefficient (Wildman–Crippen LogP) is -0.223. The van der Waals surface area contributed by atoms with Crippen molar-refractivity contribution in [3.05, 3.63) is 18.3 Å². The summed E-state index contributed by atoms with van der Waals surface area (Å²) in [5.41, 5.74) is 0. The molecule has 0 aliphatic rings. The molecule has 114 valence electrons.